The molecule has 6 rings (SSSR count). The quantitative estimate of drug-likeness (QED) is 0.103. The van der Waals surface area contributed by atoms with Gasteiger partial charge in [-0.2, -0.15) is 0 Å². The Balaban J connectivity index is 1.43. The zero-order valence-electron chi connectivity index (χ0n) is 34.9. The molecule has 4 atom stereocenters. The number of methoxy groups -OCH3 is 1. The number of ether oxygens (including phenoxy) is 2. The maximum absolute atomic E-state index is 14.1. The third-order valence-electron chi connectivity index (χ3n) is 11.5. The molecule has 0 bridgehead atoms. The van der Waals surface area contributed by atoms with Gasteiger partial charge in [-0.05, 0) is 98.2 Å². The number of pyridine rings is 1. The van der Waals surface area contributed by atoms with Crippen LogP contribution in [0.1, 0.15) is 76.8 Å². The number of likely N-dealkylation sites (tertiary alicyclic amines) is 1. The molecule has 2 aliphatic heterocycles. The first-order chi connectivity index (χ1) is 28.3. The predicted octanol–water partition coefficient (Wildman–Crippen LogP) is 5.57. The summed E-state index contributed by atoms with van der Waals surface area (Å²) in [7, 11) is 1.66. The van der Waals surface area contributed by atoms with Crippen LogP contribution in [0.2, 0.25) is 0 Å². The number of carbonyl (C=O) groups excluding carboxylic acids is 4. The number of nitrogens with one attached hydrogen (secondary N) is 2. The van der Waals surface area contributed by atoms with Crippen molar-refractivity contribution >= 4 is 35.1 Å². The second kappa shape index (κ2) is 18.5. The van der Waals surface area contributed by atoms with Crippen LogP contribution < -0.4 is 10.7 Å². The molecule has 13 heteroatoms. The molecule has 312 valence electrons. The molecule has 0 saturated carbocycles. The van der Waals surface area contributed by atoms with E-state index in [0.29, 0.717) is 51.1 Å². The van der Waals surface area contributed by atoms with E-state index in [1.165, 1.54) is 11.8 Å². The smallest absolute Gasteiger partial charge is 0.293 e. The van der Waals surface area contributed by atoms with E-state index in [0.717, 1.165) is 57.4 Å². The molecule has 2 aromatic carbocycles. The molecule has 2 aliphatic rings. The van der Waals surface area contributed by atoms with Crippen LogP contribution in [0, 0.1) is 23.7 Å². The maximum Gasteiger partial charge on any atom is 0.293 e. The van der Waals surface area contributed by atoms with Gasteiger partial charge in [0.25, 0.3) is 12.4 Å². The van der Waals surface area contributed by atoms with Gasteiger partial charge in [0.05, 0.1) is 30.0 Å². The zero-order valence-corrected chi connectivity index (χ0v) is 34.9. The first-order valence-electron chi connectivity index (χ1n) is 20.4. The van der Waals surface area contributed by atoms with E-state index in [-0.39, 0.29) is 36.7 Å². The van der Waals surface area contributed by atoms with Crippen molar-refractivity contribution in [2.45, 2.75) is 91.5 Å². The van der Waals surface area contributed by atoms with Crippen LogP contribution in [-0.2, 0) is 48.0 Å². The van der Waals surface area contributed by atoms with E-state index >= 15 is 0 Å². The van der Waals surface area contributed by atoms with Crippen molar-refractivity contribution < 1.29 is 33.8 Å². The molecule has 2 aromatic heterocycles. The van der Waals surface area contributed by atoms with Crippen molar-refractivity contribution in [3.05, 3.63) is 71.5 Å². The molecule has 4 heterocycles. The minimum atomic E-state index is -1.01. The monoisotopic (exact) mass is 804 g/mol. The molecule has 0 unspecified atom stereocenters. The molecular formula is C46H56N6O7. The van der Waals surface area contributed by atoms with Crippen LogP contribution >= 0.6 is 0 Å². The number of carbonyl (C=O) groups is 4. The summed E-state index contributed by atoms with van der Waals surface area (Å²) in [5, 5.41) is 16.7. The normalized spacial score (nSPS) is 18.0. The Labute approximate surface area is 346 Å². The van der Waals surface area contributed by atoms with Crippen LogP contribution in [0.3, 0.4) is 0 Å². The molecule has 3 amide bonds. The highest BCUT2D eigenvalue weighted by atomic mass is 16.5. The molecule has 3 N–H and O–H groups in total. The highest BCUT2D eigenvalue weighted by molar-refractivity contribution is 5.96. The number of aromatic nitrogens is 2. The van der Waals surface area contributed by atoms with E-state index in [1.54, 1.807) is 30.4 Å². The van der Waals surface area contributed by atoms with Gasteiger partial charge >= 0.3 is 0 Å². The van der Waals surface area contributed by atoms with Gasteiger partial charge in [0.1, 0.15) is 17.8 Å². The number of phenols is 1. The highest BCUT2D eigenvalue weighted by Crippen LogP contribution is 2.42. The first-order valence-corrected chi connectivity index (χ1v) is 20.4. The van der Waals surface area contributed by atoms with Crippen LogP contribution in [-0.4, -0.2) is 94.2 Å². The van der Waals surface area contributed by atoms with Crippen molar-refractivity contribution in [3.8, 4) is 40.5 Å². The fourth-order valence-corrected chi connectivity index (χ4v) is 8.62. The second-order valence-electron chi connectivity index (χ2n) is 16.3. The third kappa shape index (κ3) is 9.29. The second-order valence-corrected chi connectivity index (χ2v) is 16.3. The number of terminal acetylenes is 1. The molecule has 4 aromatic rings. The predicted molar refractivity (Wildman–Crippen MR) is 226 cm³/mol. The van der Waals surface area contributed by atoms with E-state index < -0.39 is 29.3 Å². The van der Waals surface area contributed by atoms with E-state index in [4.69, 9.17) is 20.9 Å². The molecule has 13 nitrogen and oxygen atoms in total. The fraction of sp³-hybridized carbons (Fsp3) is 0.457. The number of phenolic OH excluding ortho intramolecular Hbond substituents is 1. The Morgan fingerprint density at radius 1 is 1.14 bits per heavy atom. The summed E-state index contributed by atoms with van der Waals surface area (Å²) >= 11 is 0. The number of rotatable bonds is 15. The van der Waals surface area contributed by atoms with Gasteiger partial charge in [-0.1, -0.05) is 26.0 Å². The van der Waals surface area contributed by atoms with Crippen LogP contribution in [0.15, 0.2) is 54.7 Å². The number of aromatic hydroxyl groups is 1. The Kier molecular flexibility index (Phi) is 13.4. The van der Waals surface area contributed by atoms with Crippen LogP contribution in [0.4, 0.5) is 0 Å². The molecule has 59 heavy (non-hydrogen) atoms. The lowest BCUT2D eigenvalue weighted by Gasteiger charge is -2.33. The van der Waals surface area contributed by atoms with Gasteiger partial charge in [0, 0.05) is 74.7 Å². The highest BCUT2D eigenvalue weighted by Gasteiger charge is 2.41. The van der Waals surface area contributed by atoms with Crippen molar-refractivity contribution in [2.75, 3.05) is 33.4 Å². The van der Waals surface area contributed by atoms with Gasteiger partial charge < -0.3 is 29.4 Å². The van der Waals surface area contributed by atoms with E-state index in [9.17, 15) is 24.3 Å². The number of hydrazine groups is 1. The number of benzene rings is 2. The van der Waals surface area contributed by atoms with Gasteiger partial charge in [-0.15, -0.1) is 12.3 Å². The lowest BCUT2D eigenvalue weighted by atomic mass is 9.84. The summed E-state index contributed by atoms with van der Waals surface area (Å²) < 4.78 is 13.3. The third-order valence-corrected chi connectivity index (χ3v) is 11.5. The average molecular weight is 805 g/mol. The first kappa shape index (κ1) is 42.9. The summed E-state index contributed by atoms with van der Waals surface area (Å²) in [5.41, 5.74) is 9.73. The maximum atomic E-state index is 14.1. The van der Waals surface area contributed by atoms with Gasteiger partial charge in [-0.25, -0.2) is 5.43 Å². The fourth-order valence-electron chi connectivity index (χ4n) is 8.62. The number of hydrogen-bond donors (Lipinski definition) is 3. The van der Waals surface area contributed by atoms with E-state index in [2.05, 4.69) is 60.2 Å². The van der Waals surface area contributed by atoms with Gasteiger partial charge in [0.15, 0.2) is 0 Å². The van der Waals surface area contributed by atoms with Crippen molar-refractivity contribution in [1.29, 1.82) is 0 Å². The number of hydrogen-bond acceptors (Lipinski definition) is 9. The molecular weight excluding hydrogens is 749 g/mol. The SMILES string of the molecule is C#C[C@H]1CCN(C(C)=O)[C@@H]1C(=O)N[C@@H](Cc1cc(O)cc(-c2ccc3c(c2)c(CC(C)(C)COC=O)c(-c2cccnc2[C@H](C)OC)n3CC)c1)C(=O)N1CCCCN1. The number of nitrogens with zero attached hydrogens (tertiary/aromatic N) is 4. The summed E-state index contributed by atoms with van der Waals surface area (Å²) in [6.07, 6.45) is 10.2. The Morgan fingerprint density at radius 2 is 1.93 bits per heavy atom. The molecule has 0 aliphatic carbocycles. The lowest BCUT2D eigenvalue weighted by Crippen LogP contribution is -2.58. The zero-order chi connectivity index (χ0) is 42.4. The molecule has 2 fully saturated rings. The number of fused-ring (bicyclic) bond motifs is 1. The number of amides is 3. The summed E-state index contributed by atoms with van der Waals surface area (Å²) in [6, 6.07) is 13.5. The summed E-state index contributed by atoms with van der Waals surface area (Å²) in [5.74, 6) is 1.14. The van der Waals surface area contributed by atoms with Crippen molar-refractivity contribution in [3.63, 3.8) is 0 Å². The Morgan fingerprint density at radius 3 is 2.61 bits per heavy atom. The summed E-state index contributed by atoms with van der Waals surface area (Å²) in [6.45, 7) is 12.5. The molecule has 0 spiro atoms. The minimum absolute atomic E-state index is 0.00454. The van der Waals surface area contributed by atoms with Crippen LogP contribution in [0.25, 0.3) is 33.3 Å². The Bertz CT molecular complexity index is 2240. The largest absolute Gasteiger partial charge is 0.508 e. The Hall–Kier alpha value is -5.71. The van der Waals surface area contributed by atoms with Gasteiger partial charge in [0.2, 0.25) is 11.8 Å². The van der Waals surface area contributed by atoms with Gasteiger partial charge in [-0.3, -0.25) is 29.2 Å². The standard InChI is InChI=1S/C46H56N6O7/c1-8-32-16-20-51(30(4)54)42(32)44(56)49-39(45(57)52-19-11-10-18-48-52)23-31-21-34(24-35(55)22-31)33-14-15-40-37(25-33)38(26-46(5,6)27-59-28-53)43(50(40)9-2)36-13-12-17-47-41(36)29(3)58-7/h1,12-15,17,21-22,24-25,28-29,32,39,42,48,55H,9-11,16,18-20,23,26-27H2,2-7H3,(H,49,56)/t29-,32-,39-,42-/m0/s1. The topological polar surface area (TPSA) is 155 Å². The average Bonchev–Trinajstić information content (AvgIpc) is 3.81. The van der Waals surface area contributed by atoms with Crippen LogP contribution in [0.5, 0.6) is 5.75 Å². The summed E-state index contributed by atoms with van der Waals surface area (Å²) in [4.78, 5) is 58.1. The van der Waals surface area contributed by atoms with Crippen molar-refractivity contribution in [2.24, 2.45) is 11.3 Å². The van der Waals surface area contributed by atoms with Crippen molar-refractivity contribution in [1.82, 2.24) is 30.2 Å². The lowest BCUT2D eigenvalue weighted by molar-refractivity contribution is -0.142. The van der Waals surface area contributed by atoms with E-state index in [1.807, 2.05) is 25.1 Å². The molecule has 0 radical (unpaired) electrons. The number of aryl methyl sites for hydroxylation is 1. The minimum Gasteiger partial charge on any atom is -0.508 e. The molecule has 2 saturated heterocycles.